The Hall–Kier alpha value is -0.0800. The first-order valence-corrected chi connectivity index (χ1v) is 4.79. The zero-order valence-corrected chi connectivity index (χ0v) is 8.25. The molecule has 0 aliphatic heterocycles. The molecule has 0 aromatic heterocycles. The maximum Gasteiger partial charge on any atom is 0.0598 e. The Labute approximate surface area is 74.6 Å². The molecular weight excluding hydrogens is 152 g/mol. The van der Waals surface area contributed by atoms with E-state index in [4.69, 9.17) is 0 Å². The molecule has 2 N–H and O–H groups in total. The molecule has 2 heteroatoms. The van der Waals surface area contributed by atoms with Crippen LogP contribution in [-0.2, 0) is 0 Å². The molecule has 0 spiro atoms. The van der Waals surface area contributed by atoms with Gasteiger partial charge in [0.05, 0.1) is 12.2 Å². The van der Waals surface area contributed by atoms with Gasteiger partial charge in [-0.15, -0.1) is 0 Å². The van der Waals surface area contributed by atoms with E-state index in [1.165, 1.54) is 0 Å². The van der Waals surface area contributed by atoms with Gasteiger partial charge in [-0.2, -0.15) is 0 Å². The lowest BCUT2D eigenvalue weighted by Crippen LogP contribution is -2.43. The fourth-order valence-electron chi connectivity index (χ4n) is 2.31. The molecule has 1 rings (SSSR count). The lowest BCUT2D eigenvalue weighted by molar-refractivity contribution is -0.0720. The highest BCUT2D eigenvalue weighted by Gasteiger charge is 2.38. The maximum atomic E-state index is 9.71. The van der Waals surface area contributed by atoms with E-state index >= 15 is 0 Å². The van der Waals surface area contributed by atoms with Crippen molar-refractivity contribution >= 4 is 0 Å². The van der Waals surface area contributed by atoms with Crippen LogP contribution in [0.2, 0.25) is 0 Å². The smallest absolute Gasteiger partial charge is 0.0598 e. The molecule has 0 amide bonds. The van der Waals surface area contributed by atoms with E-state index in [1.807, 2.05) is 0 Å². The van der Waals surface area contributed by atoms with E-state index in [1.54, 1.807) is 0 Å². The maximum absolute atomic E-state index is 9.71. The second-order valence-corrected chi connectivity index (χ2v) is 4.96. The Morgan fingerprint density at radius 2 is 1.42 bits per heavy atom. The molecule has 1 saturated carbocycles. The molecule has 1 aliphatic rings. The Balaban J connectivity index is 2.69. The summed E-state index contributed by atoms with van der Waals surface area (Å²) in [6.07, 6.45) is 2.02. The number of rotatable bonds is 0. The van der Waals surface area contributed by atoms with Crippen molar-refractivity contribution < 1.29 is 10.2 Å². The zero-order valence-electron chi connectivity index (χ0n) is 8.25. The molecule has 72 valence electrons. The van der Waals surface area contributed by atoms with E-state index < -0.39 is 0 Å². The third kappa shape index (κ3) is 1.99. The van der Waals surface area contributed by atoms with Crippen molar-refractivity contribution in [3.63, 3.8) is 0 Å². The molecule has 1 aliphatic carbocycles. The number of hydrogen-bond donors (Lipinski definition) is 2. The molecule has 0 bridgehead atoms. The summed E-state index contributed by atoms with van der Waals surface area (Å²) in [5.74, 6) is 0.0475. The second-order valence-electron chi connectivity index (χ2n) is 4.96. The fraction of sp³-hybridized carbons (Fsp3) is 1.00. The summed E-state index contributed by atoms with van der Waals surface area (Å²) < 4.78 is 0. The predicted molar refractivity (Wildman–Crippen MR) is 48.8 cm³/mol. The van der Waals surface area contributed by atoms with Crippen molar-refractivity contribution in [3.05, 3.63) is 0 Å². The van der Waals surface area contributed by atoms with E-state index in [-0.39, 0.29) is 23.5 Å². The van der Waals surface area contributed by atoms with Crippen LogP contribution in [0.4, 0.5) is 0 Å². The van der Waals surface area contributed by atoms with Crippen molar-refractivity contribution in [2.24, 2.45) is 11.3 Å². The van der Waals surface area contributed by atoms with Gasteiger partial charge in [0, 0.05) is 5.92 Å². The fourth-order valence-corrected chi connectivity index (χ4v) is 2.31. The number of hydrogen-bond acceptors (Lipinski definition) is 2. The first-order chi connectivity index (χ1) is 5.43. The van der Waals surface area contributed by atoms with Crippen molar-refractivity contribution in [3.8, 4) is 0 Å². The predicted octanol–water partition coefficient (Wildman–Crippen LogP) is 1.55. The molecule has 1 unspecified atom stereocenters. The lowest BCUT2D eigenvalue weighted by atomic mass is 9.69. The van der Waals surface area contributed by atoms with Gasteiger partial charge in [-0.25, -0.2) is 0 Å². The summed E-state index contributed by atoms with van der Waals surface area (Å²) in [5, 5.41) is 19.4. The van der Waals surface area contributed by atoms with Crippen LogP contribution in [0.5, 0.6) is 0 Å². The van der Waals surface area contributed by atoms with Crippen LogP contribution in [0.3, 0.4) is 0 Å². The molecule has 0 aromatic carbocycles. The van der Waals surface area contributed by atoms with Gasteiger partial charge in [0.25, 0.3) is 0 Å². The Bertz CT molecular complexity index is 138. The largest absolute Gasteiger partial charge is 0.393 e. The Morgan fingerprint density at radius 3 is 1.67 bits per heavy atom. The molecule has 0 radical (unpaired) electrons. The van der Waals surface area contributed by atoms with Crippen LogP contribution in [0.1, 0.15) is 40.0 Å². The van der Waals surface area contributed by atoms with Gasteiger partial charge in [-0.1, -0.05) is 20.8 Å². The van der Waals surface area contributed by atoms with Gasteiger partial charge >= 0.3 is 0 Å². The summed E-state index contributed by atoms with van der Waals surface area (Å²) in [6.45, 7) is 6.24. The first-order valence-electron chi connectivity index (χ1n) is 4.79. The highest BCUT2D eigenvalue weighted by Crippen LogP contribution is 2.38. The van der Waals surface area contributed by atoms with Crippen molar-refractivity contribution in [1.82, 2.24) is 0 Å². The molecule has 1 fully saturated rings. The normalized spacial score (nSPS) is 38.2. The summed E-state index contributed by atoms with van der Waals surface area (Å²) in [4.78, 5) is 0. The van der Waals surface area contributed by atoms with E-state index in [9.17, 15) is 10.2 Å². The highest BCUT2D eigenvalue weighted by molar-refractivity contribution is 4.89. The zero-order chi connectivity index (χ0) is 9.35. The minimum absolute atomic E-state index is 0.0131. The van der Waals surface area contributed by atoms with Gasteiger partial charge in [-0.05, 0) is 24.7 Å². The van der Waals surface area contributed by atoms with Crippen LogP contribution in [0, 0.1) is 11.3 Å². The highest BCUT2D eigenvalue weighted by atomic mass is 16.3. The van der Waals surface area contributed by atoms with Crippen LogP contribution in [0.25, 0.3) is 0 Å². The molecule has 3 atom stereocenters. The Kier molecular flexibility index (Phi) is 2.79. The molecule has 0 aromatic rings. The molecule has 0 saturated heterocycles. The van der Waals surface area contributed by atoms with Crippen LogP contribution in [0.15, 0.2) is 0 Å². The summed E-state index contributed by atoms with van der Waals surface area (Å²) in [5.41, 5.74) is 0.0131. The van der Waals surface area contributed by atoms with Crippen molar-refractivity contribution in [2.45, 2.75) is 52.2 Å². The molecular formula is C10H20O2. The van der Waals surface area contributed by atoms with Crippen molar-refractivity contribution in [2.75, 3.05) is 0 Å². The van der Waals surface area contributed by atoms with E-state index in [2.05, 4.69) is 20.8 Å². The number of aliphatic hydroxyl groups excluding tert-OH is 2. The Morgan fingerprint density at radius 1 is 1.00 bits per heavy atom. The third-order valence-electron chi connectivity index (χ3n) is 2.83. The van der Waals surface area contributed by atoms with Crippen LogP contribution >= 0.6 is 0 Å². The SMILES string of the molecule is CC(C)(C)C1[C@H](O)CCC[C@@H]1O. The topological polar surface area (TPSA) is 40.5 Å². The van der Waals surface area contributed by atoms with Gasteiger partial charge < -0.3 is 10.2 Å². The summed E-state index contributed by atoms with van der Waals surface area (Å²) >= 11 is 0. The second kappa shape index (κ2) is 3.35. The van der Waals surface area contributed by atoms with E-state index in [0.717, 1.165) is 19.3 Å². The monoisotopic (exact) mass is 172 g/mol. The quantitative estimate of drug-likeness (QED) is 0.582. The van der Waals surface area contributed by atoms with Gasteiger partial charge in [0.1, 0.15) is 0 Å². The minimum atomic E-state index is -0.311. The van der Waals surface area contributed by atoms with Crippen molar-refractivity contribution in [1.29, 1.82) is 0 Å². The summed E-state index contributed by atoms with van der Waals surface area (Å²) in [6, 6.07) is 0. The standard InChI is InChI=1S/C10H20O2/c1-10(2,3)9-7(11)5-4-6-8(9)12/h7-9,11-12H,4-6H2,1-3H3/t7-,8+,9?. The van der Waals surface area contributed by atoms with Crippen LogP contribution in [-0.4, -0.2) is 22.4 Å². The molecule has 0 heterocycles. The van der Waals surface area contributed by atoms with Crippen LogP contribution < -0.4 is 0 Å². The van der Waals surface area contributed by atoms with E-state index in [0.29, 0.717) is 0 Å². The average Bonchev–Trinajstić information content (AvgIpc) is 1.82. The third-order valence-corrected chi connectivity index (χ3v) is 2.83. The van der Waals surface area contributed by atoms with Gasteiger partial charge in [0.15, 0.2) is 0 Å². The minimum Gasteiger partial charge on any atom is -0.393 e. The van der Waals surface area contributed by atoms with Gasteiger partial charge in [-0.3, -0.25) is 0 Å². The first kappa shape index (κ1) is 10.0. The number of aliphatic hydroxyl groups is 2. The molecule has 12 heavy (non-hydrogen) atoms. The average molecular weight is 172 g/mol. The lowest BCUT2D eigenvalue weighted by Gasteiger charge is -2.41. The van der Waals surface area contributed by atoms with Gasteiger partial charge in [0.2, 0.25) is 0 Å². The summed E-state index contributed by atoms with van der Waals surface area (Å²) in [7, 11) is 0. The molecule has 2 nitrogen and oxygen atoms in total.